The maximum absolute atomic E-state index is 12.4. The lowest BCUT2D eigenvalue weighted by Crippen LogP contribution is -2.44. The van der Waals surface area contributed by atoms with Gasteiger partial charge in [0.05, 0.1) is 6.54 Å². The Hall–Kier alpha value is -1.55. The number of nitrogens with zero attached hydrogens (tertiary/aromatic N) is 2. The van der Waals surface area contributed by atoms with Crippen LogP contribution in [0.2, 0.25) is 0 Å². The summed E-state index contributed by atoms with van der Waals surface area (Å²) in [7, 11) is 0. The average Bonchev–Trinajstić information content (AvgIpc) is 2.47. The highest BCUT2D eigenvalue weighted by Crippen LogP contribution is 2.14. The molecule has 4 heteroatoms. The lowest BCUT2D eigenvalue weighted by Gasteiger charge is -2.31. The molecule has 1 heterocycles. The number of hydrogen-bond donors (Lipinski definition) is 1. The van der Waals surface area contributed by atoms with Crippen molar-refractivity contribution >= 4 is 11.6 Å². The Morgan fingerprint density at radius 2 is 2.00 bits per heavy atom. The smallest absolute Gasteiger partial charge is 0.236 e. The number of nitrogen functional groups attached to an aromatic ring is 1. The zero-order valence-electron chi connectivity index (χ0n) is 13.2. The molecule has 2 rings (SSSR count). The van der Waals surface area contributed by atoms with Gasteiger partial charge in [0.1, 0.15) is 0 Å². The molecule has 1 fully saturated rings. The van der Waals surface area contributed by atoms with Gasteiger partial charge < -0.3 is 10.6 Å². The van der Waals surface area contributed by atoms with Crippen LogP contribution in [0.3, 0.4) is 0 Å². The Morgan fingerprint density at radius 3 is 2.62 bits per heavy atom. The van der Waals surface area contributed by atoms with Gasteiger partial charge in [-0.3, -0.25) is 9.69 Å². The summed E-state index contributed by atoms with van der Waals surface area (Å²) in [5, 5.41) is 0. The van der Waals surface area contributed by atoms with Gasteiger partial charge in [-0.05, 0) is 50.8 Å². The number of benzene rings is 1. The number of amides is 1. The van der Waals surface area contributed by atoms with Crippen molar-refractivity contribution in [2.45, 2.75) is 45.7 Å². The zero-order valence-corrected chi connectivity index (χ0v) is 13.2. The van der Waals surface area contributed by atoms with Crippen LogP contribution in [0.1, 0.15) is 38.7 Å². The van der Waals surface area contributed by atoms with E-state index in [0.29, 0.717) is 12.6 Å². The highest BCUT2D eigenvalue weighted by molar-refractivity contribution is 5.78. The summed E-state index contributed by atoms with van der Waals surface area (Å²) in [5.41, 5.74) is 7.77. The number of hydrogen-bond acceptors (Lipinski definition) is 3. The average molecular weight is 289 g/mol. The number of likely N-dealkylation sites (tertiary alicyclic amines) is 1. The van der Waals surface area contributed by atoms with Crippen LogP contribution in [0.5, 0.6) is 0 Å². The van der Waals surface area contributed by atoms with E-state index < -0.39 is 0 Å². The molecular weight excluding hydrogens is 262 g/mol. The van der Waals surface area contributed by atoms with Gasteiger partial charge in [0.2, 0.25) is 5.91 Å². The number of piperidine rings is 1. The lowest BCUT2D eigenvalue weighted by molar-refractivity contribution is -0.133. The van der Waals surface area contributed by atoms with Gasteiger partial charge >= 0.3 is 0 Å². The minimum atomic E-state index is 0.257. The molecule has 21 heavy (non-hydrogen) atoms. The molecule has 0 unspecified atom stereocenters. The second-order valence-corrected chi connectivity index (χ2v) is 6.19. The van der Waals surface area contributed by atoms with Crippen molar-refractivity contribution < 1.29 is 4.79 Å². The third kappa shape index (κ3) is 4.74. The van der Waals surface area contributed by atoms with Gasteiger partial charge in [0.15, 0.2) is 0 Å². The van der Waals surface area contributed by atoms with Crippen LogP contribution in [0, 0.1) is 0 Å². The molecule has 0 saturated carbocycles. The molecule has 116 valence electrons. The Labute approximate surface area is 127 Å². The molecule has 1 aliphatic heterocycles. The fraction of sp³-hybridized carbons (Fsp3) is 0.588. The summed E-state index contributed by atoms with van der Waals surface area (Å²) in [6.07, 6.45) is 3.53. The van der Waals surface area contributed by atoms with Crippen LogP contribution in [0.4, 0.5) is 5.69 Å². The third-order valence-electron chi connectivity index (χ3n) is 4.11. The highest BCUT2D eigenvalue weighted by Gasteiger charge is 2.20. The first-order chi connectivity index (χ1) is 10.1. The summed E-state index contributed by atoms with van der Waals surface area (Å²) < 4.78 is 0. The van der Waals surface area contributed by atoms with Gasteiger partial charge in [-0.15, -0.1) is 0 Å². The van der Waals surface area contributed by atoms with E-state index >= 15 is 0 Å². The molecule has 1 amide bonds. The predicted octanol–water partition coefficient (Wildman–Crippen LogP) is 2.49. The van der Waals surface area contributed by atoms with E-state index in [1.165, 1.54) is 6.42 Å². The number of rotatable bonds is 5. The summed E-state index contributed by atoms with van der Waals surface area (Å²) in [4.78, 5) is 16.7. The van der Waals surface area contributed by atoms with Crippen molar-refractivity contribution in [2.75, 3.05) is 25.4 Å². The largest absolute Gasteiger partial charge is 0.399 e. The SMILES string of the molecule is CC(C)N(CC(=O)N1CCCCC1)Cc1cccc(N)c1. The van der Waals surface area contributed by atoms with Crippen LogP contribution < -0.4 is 5.73 Å². The zero-order chi connectivity index (χ0) is 15.2. The molecule has 0 radical (unpaired) electrons. The van der Waals surface area contributed by atoms with E-state index in [4.69, 9.17) is 5.73 Å². The first-order valence-corrected chi connectivity index (χ1v) is 7.92. The highest BCUT2D eigenvalue weighted by atomic mass is 16.2. The summed E-state index contributed by atoms with van der Waals surface area (Å²) >= 11 is 0. The molecule has 0 aliphatic carbocycles. The van der Waals surface area contributed by atoms with Gasteiger partial charge in [-0.2, -0.15) is 0 Å². The van der Waals surface area contributed by atoms with E-state index in [-0.39, 0.29) is 5.91 Å². The van der Waals surface area contributed by atoms with E-state index in [1.54, 1.807) is 0 Å². The third-order valence-corrected chi connectivity index (χ3v) is 4.11. The van der Waals surface area contributed by atoms with E-state index in [9.17, 15) is 4.79 Å². The quantitative estimate of drug-likeness (QED) is 0.847. The fourth-order valence-corrected chi connectivity index (χ4v) is 2.76. The van der Waals surface area contributed by atoms with Crippen LogP contribution in [-0.2, 0) is 11.3 Å². The van der Waals surface area contributed by atoms with Crippen molar-refractivity contribution in [3.63, 3.8) is 0 Å². The maximum Gasteiger partial charge on any atom is 0.236 e. The fourth-order valence-electron chi connectivity index (χ4n) is 2.76. The molecule has 1 aliphatic rings. The Kier molecular flexibility index (Phi) is 5.62. The molecule has 2 N–H and O–H groups in total. The number of carbonyl (C=O) groups is 1. The summed E-state index contributed by atoms with van der Waals surface area (Å²) in [6.45, 7) is 7.37. The van der Waals surface area contributed by atoms with Crippen molar-refractivity contribution in [1.29, 1.82) is 0 Å². The van der Waals surface area contributed by atoms with E-state index in [0.717, 1.165) is 43.7 Å². The van der Waals surface area contributed by atoms with Crippen LogP contribution >= 0.6 is 0 Å². The van der Waals surface area contributed by atoms with E-state index in [2.05, 4.69) is 24.8 Å². The minimum Gasteiger partial charge on any atom is -0.399 e. The van der Waals surface area contributed by atoms with Crippen molar-refractivity contribution in [2.24, 2.45) is 0 Å². The van der Waals surface area contributed by atoms with Crippen LogP contribution in [0.25, 0.3) is 0 Å². The molecule has 0 atom stereocenters. The number of carbonyl (C=O) groups excluding carboxylic acids is 1. The maximum atomic E-state index is 12.4. The van der Waals surface area contributed by atoms with Gasteiger partial charge in [0, 0.05) is 31.4 Å². The normalized spacial score (nSPS) is 15.7. The Balaban J connectivity index is 1.96. The molecule has 0 aromatic heterocycles. The van der Waals surface area contributed by atoms with Crippen molar-refractivity contribution in [3.8, 4) is 0 Å². The van der Waals surface area contributed by atoms with Gasteiger partial charge in [-0.1, -0.05) is 12.1 Å². The molecule has 1 aromatic rings. The molecule has 4 nitrogen and oxygen atoms in total. The van der Waals surface area contributed by atoms with Crippen molar-refractivity contribution in [3.05, 3.63) is 29.8 Å². The summed E-state index contributed by atoms with van der Waals surface area (Å²) in [5.74, 6) is 0.257. The topological polar surface area (TPSA) is 49.6 Å². The first-order valence-electron chi connectivity index (χ1n) is 7.92. The number of nitrogens with two attached hydrogens (primary N) is 1. The molecule has 0 spiro atoms. The molecular formula is C17H27N3O. The van der Waals surface area contributed by atoms with E-state index in [1.807, 2.05) is 23.1 Å². The minimum absolute atomic E-state index is 0.257. The molecule has 0 bridgehead atoms. The first kappa shape index (κ1) is 15.8. The van der Waals surface area contributed by atoms with Crippen molar-refractivity contribution in [1.82, 2.24) is 9.80 Å². The monoisotopic (exact) mass is 289 g/mol. The van der Waals surface area contributed by atoms with Crippen LogP contribution in [-0.4, -0.2) is 41.4 Å². The predicted molar refractivity (Wildman–Crippen MR) is 86.8 cm³/mol. The second-order valence-electron chi connectivity index (χ2n) is 6.19. The molecule has 1 aromatic carbocycles. The Morgan fingerprint density at radius 1 is 1.29 bits per heavy atom. The van der Waals surface area contributed by atoms with Gasteiger partial charge in [-0.25, -0.2) is 0 Å². The standard InChI is InChI=1S/C17H27N3O/c1-14(2)20(12-15-7-6-8-16(18)11-15)13-17(21)19-9-4-3-5-10-19/h6-8,11,14H,3-5,9-10,12-13,18H2,1-2H3. The molecule has 1 saturated heterocycles. The number of anilines is 1. The van der Waals surface area contributed by atoms with Gasteiger partial charge in [0.25, 0.3) is 0 Å². The van der Waals surface area contributed by atoms with Crippen LogP contribution in [0.15, 0.2) is 24.3 Å². The lowest BCUT2D eigenvalue weighted by atomic mass is 10.1. The second kappa shape index (κ2) is 7.46. The Bertz CT molecular complexity index is 467. The summed E-state index contributed by atoms with van der Waals surface area (Å²) in [6, 6.07) is 8.25.